The minimum absolute atomic E-state index is 0.0596. The second-order valence-corrected chi connectivity index (χ2v) is 6.73. The van der Waals surface area contributed by atoms with Crippen molar-refractivity contribution >= 4 is 27.7 Å². The van der Waals surface area contributed by atoms with Crippen LogP contribution in [-0.2, 0) is 4.79 Å². The monoisotopic (exact) mass is 418 g/mol. The summed E-state index contributed by atoms with van der Waals surface area (Å²) in [5, 5.41) is 5.77. The Morgan fingerprint density at radius 2 is 1.73 bits per heavy atom. The summed E-state index contributed by atoms with van der Waals surface area (Å²) in [6, 6.07) is 14.7. The first-order valence-electron chi connectivity index (χ1n) is 8.50. The molecule has 0 unspecified atom stereocenters. The highest BCUT2D eigenvalue weighted by atomic mass is 79.9. The molecule has 0 aromatic heterocycles. The van der Waals surface area contributed by atoms with Gasteiger partial charge in [-0.05, 0) is 48.4 Å². The molecule has 0 aliphatic rings. The third kappa shape index (κ3) is 5.88. The van der Waals surface area contributed by atoms with E-state index in [0.29, 0.717) is 12.1 Å². The van der Waals surface area contributed by atoms with E-state index in [9.17, 15) is 9.59 Å². The van der Waals surface area contributed by atoms with E-state index >= 15 is 0 Å². The first kappa shape index (κ1) is 20.0. The van der Waals surface area contributed by atoms with Gasteiger partial charge in [0.15, 0.2) is 0 Å². The zero-order valence-corrected chi connectivity index (χ0v) is 16.5. The van der Waals surface area contributed by atoms with E-state index in [4.69, 9.17) is 4.74 Å². The number of halogens is 1. The summed E-state index contributed by atoms with van der Waals surface area (Å²) in [6.45, 7) is 2.31. The average Bonchev–Trinajstić information content (AvgIpc) is 2.66. The summed E-state index contributed by atoms with van der Waals surface area (Å²) in [5.74, 6) is 0.502. The molecule has 0 heterocycles. The van der Waals surface area contributed by atoms with E-state index in [1.807, 2.05) is 43.3 Å². The Labute approximate surface area is 162 Å². The van der Waals surface area contributed by atoms with Crippen molar-refractivity contribution in [3.63, 3.8) is 0 Å². The lowest BCUT2D eigenvalue weighted by Crippen LogP contribution is -2.32. The van der Waals surface area contributed by atoms with Crippen LogP contribution in [0.5, 0.6) is 5.75 Å². The Bertz CT molecular complexity index is 730. The molecule has 0 aliphatic carbocycles. The van der Waals surface area contributed by atoms with Gasteiger partial charge in [-0.25, -0.2) is 0 Å². The maximum atomic E-state index is 12.2. The maximum absolute atomic E-state index is 12.2. The number of amides is 2. The molecule has 2 aromatic carbocycles. The van der Waals surface area contributed by atoms with Gasteiger partial charge in [0.1, 0.15) is 5.75 Å². The number of methoxy groups -OCH3 is 1. The number of hydrogen-bond donors (Lipinski definition) is 2. The molecule has 6 heteroatoms. The number of rotatable bonds is 8. The minimum atomic E-state index is -0.188. The zero-order valence-electron chi connectivity index (χ0n) is 14.9. The smallest absolute Gasteiger partial charge is 0.251 e. The average molecular weight is 419 g/mol. The fourth-order valence-corrected chi connectivity index (χ4v) is 2.78. The van der Waals surface area contributed by atoms with Crippen LogP contribution in [0.1, 0.15) is 41.7 Å². The molecule has 2 N–H and O–H groups in total. The molecule has 0 radical (unpaired) electrons. The number of nitrogens with one attached hydrogen (secondary N) is 2. The van der Waals surface area contributed by atoms with Crippen molar-refractivity contribution in [3.05, 3.63) is 64.1 Å². The van der Waals surface area contributed by atoms with Crippen molar-refractivity contribution < 1.29 is 14.3 Å². The Morgan fingerprint density at radius 1 is 1.08 bits per heavy atom. The van der Waals surface area contributed by atoms with Crippen LogP contribution in [0.15, 0.2) is 53.0 Å². The molecule has 2 amide bonds. The lowest BCUT2D eigenvalue weighted by atomic mass is 10.0. The first-order chi connectivity index (χ1) is 12.5. The molecule has 0 saturated carbocycles. The lowest BCUT2D eigenvalue weighted by molar-refractivity contribution is -0.121. The standard InChI is InChI=1S/C20H23BrN2O3/c1-3-18(14-6-10-17(26-2)11-7-14)23-19(24)12-13-22-20(25)15-4-8-16(21)9-5-15/h4-11,18H,3,12-13H2,1-2H3,(H,22,25)(H,23,24)/t18-/m0/s1. The number of benzene rings is 2. The van der Waals surface area contributed by atoms with Crippen LogP contribution in [0.4, 0.5) is 0 Å². The number of carbonyl (C=O) groups excluding carboxylic acids is 2. The number of hydrogen-bond acceptors (Lipinski definition) is 3. The molecule has 2 aromatic rings. The predicted octanol–water partition coefficient (Wildman–Crippen LogP) is 3.85. The van der Waals surface area contributed by atoms with E-state index in [2.05, 4.69) is 26.6 Å². The van der Waals surface area contributed by atoms with Crippen LogP contribution in [0, 0.1) is 0 Å². The van der Waals surface area contributed by atoms with Gasteiger partial charge < -0.3 is 15.4 Å². The lowest BCUT2D eigenvalue weighted by Gasteiger charge is -2.18. The molecular formula is C20H23BrN2O3. The molecule has 0 bridgehead atoms. The van der Waals surface area contributed by atoms with Gasteiger partial charge >= 0.3 is 0 Å². The van der Waals surface area contributed by atoms with Crippen molar-refractivity contribution in [2.24, 2.45) is 0 Å². The molecule has 26 heavy (non-hydrogen) atoms. The van der Waals surface area contributed by atoms with Crippen LogP contribution in [0.25, 0.3) is 0 Å². The highest BCUT2D eigenvalue weighted by molar-refractivity contribution is 9.10. The highest BCUT2D eigenvalue weighted by Gasteiger charge is 2.13. The molecule has 2 rings (SSSR count). The Hall–Kier alpha value is -2.34. The van der Waals surface area contributed by atoms with Gasteiger partial charge in [0.05, 0.1) is 13.2 Å². The minimum Gasteiger partial charge on any atom is -0.497 e. The van der Waals surface area contributed by atoms with Crippen molar-refractivity contribution in [2.45, 2.75) is 25.8 Å². The van der Waals surface area contributed by atoms with Gasteiger partial charge in [-0.2, -0.15) is 0 Å². The van der Waals surface area contributed by atoms with Gasteiger partial charge in [-0.1, -0.05) is 35.0 Å². The van der Waals surface area contributed by atoms with Crippen molar-refractivity contribution in [3.8, 4) is 5.75 Å². The predicted molar refractivity (Wildman–Crippen MR) is 105 cm³/mol. The van der Waals surface area contributed by atoms with Gasteiger partial charge in [0.2, 0.25) is 5.91 Å². The summed E-state index contributed by atoms with van der Waals surface area (Å²) >= 11 is 3.33. The SMILES string of the molecule is CC[C@H](NC(=O)CCNC(=O)c1ccc(Br)cc1)c1ccc(OC)cc1. The third-order valence-corrected chi connectivity index (χ3v) is 4.53. The third-order valence-electron chi connectivity index (χ3n) is 4.01. The maximum Gasteiger partial charge on any atom is 0.251 e. The molecular weight excluding hydrogens is 396 g/mol. The second-order valence-electron chi connectivity index (χ2n) is 5.81. The Balaban J connectivity index is 1.81. The van der Waals surface area contributed by atoms with Crippen molar-refractivity contribution in [2.75, 3.05) is 13.7 Å². The number of ether oxygens (including phenoxy) is 1. The van der Waals surface area contributed by atoms with Crippen LogP contribution in [-0.4, -0.2) is 25.5 Å². The van der Waals surface area contributed by atoms with Crippen LogP contribution in [0.3, 0.4) is 0 Å². The van der Waals surface area contributed by atoms with Gasteiger partial charge in [-0.3, -0.25) is 9.59 Å². The largest absolute Gasteiger partial charge is 0.497 e. The summed E-state index contributed by atoms with van der Waals surface area (Å²) in [4.78, 5) is 24.2. The van der Waals surface area contributed by atoms with E-state index in [1.165, 1.54) is 0 Å². The topological polar surface area (TPSA) is 67.4 Å². The quantitative estimate of drug-likeness (QED) is 0.683. The first-order valence-corrected chi connectivity index (χ1v) is 9.30. The molecule has 0 aliphatic heterocycles. The fraction of sp³-hybridized carbons (Fsp3) is 0.300. The van der Waals surface area contributed by atoms with Gasteiger partial charge in [-0.15, -0.1) is 0 Å². The molecule has 0 spiro atoms. The van der Waals surface area contributed by atoms with Gasteiger partial charge in [0, 0.05) is 23.0 Å². The van der Waals surface area contributed by atoms with Crippen molar-refractivity contribution in [1.29, 1.82) is 0 Å². The summed E-state index contributed by atoms with van der Waals surface area (Å²) < 4.78 is 6.07. The molecule has 1 atom stereocenters. The van der Waals surface area contributed by atoms with Crippen LogP contribution < -0.4 is 15.4 Å². The fourth-order valence-electron chi connectivity index (χ4n) is 2.52. The molecule has 0 saturated heterocycles. The van der Waals surface area contributed by atoms with E-state index in [1.54, 1.807) is 19.2 Å². The number of carbonyl (C=O) groups is 2. The highest BCUT2D eigenvalue weighted by Crippen LogP contribution is 2.20. The zero-order chi connectivity index (χ0) is 18.9. The van der Waals surface area contributed by atoms with Crippen LogP contribution in [0.2, 0.25) is 0 Å². The summed E-state index contributed by atoms with van der Waals surface area (Å²) in [6.07, 6.45) is 1.01. The van der Waals surface area contributed by atoms with Crippen LogP contribution >= 0.6 is 15.9 Å². The normalized spacial score (nSPS) is 11.5. The van der Waals surface area contributed by atoms with Gasteiger partial charge in [0.25, 0.3) is 5.91 Å². The van der Waals surface area contributed by atoms with E-state index in [-0.39, 0.29) is 24.3 Å². The van der Waals surface area contributed by atoms with Crippen molar-refractivity contribution in [1.82, 2.24) is 10.6 Å². The van der Waals surface area contributed by atoms with E-state index < -0.39 is 0 Å². The Morgan fingerprint density at radius 3 is 2.31 bits per heavy atom. The summed E-state index contributed by atoms with van der Waals surface area (Å²) in [5.41, 5.74) is 1.60. The Kier molecular flexibility index (Phi) is 7.66. The molecule has 138 valence electrons. The molecule has 0 fully saturated rings. The summed E-state index contributed by atoms with van der Waals surface area (Å²) in [7, 11) is 1.62. The van der Waals surface area contributed by atoms with E-state index in [0.717, 1.165) is 22.2 Å². The molecule has 5 nitrogen and oxygen atoms in total. The second kappa shape index (κ2) is 9.97.